The number of nitrogens with zero attached hydrogens (tertiary/aromatic N) is 2. The van der Waals surface area contributed by atoms with Crippen LogP contribution in [0.3, 0.4) is 0 Å². The summed E-state index contributed by atoms with van der Waals surface area (Å²) in [5, 5.41) is 11.7. The number of rotatable bonds is 14. The monoisotopic (exact) mass is 582 g/mol. The van der Waals surface area contributed by atoms with E-state index in [2.05, 4.69) is 18.5 Å². The number of allylic oxidation sites excluding steroid dienone is 1. The van der Waals surface area contributed by atoms with Crippen molar-refractivity contribution in [3.63, 3.8) is 0 Å². The van der Waals surface area contributed by atoms with Gasteiger partial charge >= 0.3 is 11.9 Å². The van der Waals surface area contributed by atoms with E-state index in [1.54, 1.807) is 27.0 Å². The van der Waals surface area contributed by atoms with Crippen molar-refractivity contribution >= 4 is 28.6 Å². The Kier molecular flexibility index (Phi) is 11.4. The Morgan fingerprint density at radius 1 is 1.19 bits per heavy atom. The van der Waals surface area contributed by atoms with Gasteiger partial charge in [0.05, 0.1) is 31.7 Å². The summed E-state index contributed by atoms with van der Waals surface area (Å²) in [6.07, 6.45) is 5.35. The van der Waals surface area contributed by atoms with Gasteiger partial charge in [-0.1, -0.05) is 38.1 Å². The van der Waals surface area contributed by atoms with Crippen LogP contribution in [0.15, 0.2) is 43.1 Å². The lowest BCUT2D eigenvalue weighted by molar-refractivity contribution is -0.160. The van der Waals surface area contributed by atoms with Crippen LogP contribution in [-0.4, -0.2) is 63.7 Å². The second kappa shape index (κ2) is 14.5. The van der Waals surface area contributed by atoms with Crippen molar-refractivity contribution in [3.05, 3.63) is 43.1 Å². The molecule has 9 nitrogen and oxygen atoms in total. The number of carbonyl (C=O) groups is 3. The molecule has 9 heteroatoms. The molecule has 0 radical (unpaired) electrons. The van der Waals surface area contributed by atoms with Gasteiger partial charge in [-0.05, 0) is 64.9 Å². The Morgan fingerprint density at radius 2 is 1.88 bits per heavy atom. The molecule has 1 amide bonds. The van der Waals surface area contributed by atoms with Crippen molar-refractivity contribution in [1.82, 2.24) is 9.88 Å². The van der Waals surface area contributed by atoms with Crippen LogP contribution in [0.25, 0.3) is 10.8 Å². The molecule has 1 aliphatic heterocycles. The van der Waals surface area contributed by atoms with Crippen molar-refractivity contribution in [3.8, 4) is 11.6 Å². The molecule has 1 aliphatic rings. The average molecular weight is 583 g/mol. The molecule has 2 heterocycles. The smallest absolute Gasteiger partial charge is 0.326 e. The second-order valence-electron chi connectivity index (χ2n) is 12.3. The number of benzene rings is 1. The number of carboxylic acid groups (broad SMARTS) is 1. The third-order valence-electron chi connectivity index (χ3n) is 7.58. The summed E-state index contributed by atoms with van der Waals surface area (Å²) in [6, 6.07) is 6.48. The Labute approximate surface area is 249 Å². The molecule has 2 aromatic rings. The molecule has 0 bridgehead atoms. The summed E-state index contributed by atoms with van der Waals surface area (Å²) >= 11 is 0. The van der Waals surface area contributed by atoms with Crippen LogP contribution in [-0.2, 0) is 19.1 Å². The van der Waals surface area contributed by atoms with E-state index in [9.17, 15) is 19.5 Å². The molecular weight excluding hydrogens is 536 g/mol. The molecule has 0 saturated carbocycles. The summed E-state index contributed by atoms with van der Waals surface area (Å²) < 4.78 is 17.5. The quantitative estimate of drug-likeness (QED) is 0.212. The molecule has 0 spiro atoms. The molecule has 1 saturated heterocycles. The molecule has 5 atom stereocenters. The predicted molar refractivity (Wildman–Crippen MR) is 161 cm³/mol. The van der Waals surface area contributed by atoms with Gasteiger partial charge in [-0.15, -0.1) is 6.58 Å². The number of ether oxygens (including phenoxy) is 3. The zero-order valence-corrected chi connectivity index (χ0v) is 25.8. The maximum Gasteiger partial charge on any atom is 0.326 e. The number of pyridine rings is 1. The van der Waals surface area contributed by atoms with Crippen molar-refractivity contribution in [2.24, 2.45) is 17.8 Å². The topological polar surface area (TPSA) is 115 Å². The first-order valence-corrected chi connectivity index (χ1v) is 14.9. The maximum atomic E-state index is 14.1. The molecule has 1 fully saturated rings. The van der Waals surface area contributed by atoms with Gasteiger partial charge in [0.15, 0.2) is 0 Å². The number of hydrogen-bond donors (Lipinski definition) is 1. The van der Waals surface area contributed by atoms with Gasteiger partial charge < -0.3 is 24.2 Å². The van der Waals surface area contributed by atoms with Crippen LogP contribution in [0.2, 0.25) is 0 Å². The number of hydrogen-bond acceptors (Lipinski definition) is 7. The highest BCUT2D eigenvalue weighted by atomic mass is 16.6. The lowest BCUT2D eigenvalue weighted by Crippen LogP contribution is -2.46. The van der Waals surface area contributed by atoms with Crippen LogP contribution in [0.4, 0.5) is 0 Å². The summed E-state index contributed by atoms with van der Waals surface area (Å²) in [6.45, 7) is 15.7. The van der Waals surface area contributed by atoms with E-state index < -0.39 is 35.6 Å². The van der Waals surface area contributed by atoms with E-state index in [-0.39, 0.29) is 31.2 Å². The molecule has 42 heavy (non-hydrogen) atoms. The lowest BCUT2D eigenvalue weighted by atomic mass is 9.82. The second-order valence-corrected chi connectivity index (χ2v) is 12.3. The number of likely N-dealkylation sites (tertiary alicyclic amines) is 1. The molecule has 1 aromatic carbocycles. The van der Waals surface area contributed by atoms with Crippen molar-refractivity contribution in [2.45, 2.75) is 91.4 Å². The largest absolute Gasteiger partial charge is 0.492 e. The van der Waals surface area contributed by atoms with E-state index in [0.717, 1.165) is 23.6 Å². The summed E-state index contributed by atoms with van der Waals surface area (Å²) in [4.78, 5) is 45.2. The maximum absolute atomic E-state index is 14.1. The molecular formula is C33H46N2O7. The van der Waals surface area contributed by atoms with Gasteiger partial charge in [0, 0.05) is 17.2 Å². The highest BCUT2D eigenvalue weighted by Crippen LogP contribution is 2.35. The molecule has 0 aliphatic carbocycles. The zero-order chi connectivity index (χ0) is 31.0. The minimum absolute atomic E-state index is 0.0720. The Hall–Kier alpha value is -3.62. The molecule has 2 unspecified atom stereocenters. The van der Waals surface area contributed by atoms with Crippen molar-refractivity contribution in [1.29, 1.82) is 0 Å². The number of esters is 1. The highest BCUT2D eigenvalue weighted by molar-refractivity contribution is 5.92. The van der Waals surface area contributed by atoms with Gasteiger partial charge in [0.1, 0.15) is 23.5 Å². The van der Waals surface area contributed by atoms with Crippen LogP contribution in [0.5, 0.6) is 11.6 Å². The van der Waals surface area contributed by atoms with Crippen LogP contribution < -0.4 is 9.47 Å². The van der Waals surface area contributed by atoms with E-state index in [1.807, 2.05) is 44.2 Å². The Morgan fingerprint density at radius 3 is 2.50 bits per heavy atom. The minimum atomic E-state index is -1.11. The van der Waals surface area contributed by atoms with Gasteiger partial charge in [-0.2, -0.15) is 0 Å². The number of fused-ring (bicyclic) bond motifs is 1. The fourth-order valence-electron chi connectivity index (χ4n) is 5.65. The third kappa shape index (κ3) is 8.69. The standard InChI is InChI=1S/C33H46N2O7/c1-8-10-13-21(3)16-22(4)26(18-29(36)42-33(5,6)7)31(37)35-20-23(17-27(35)32(38)39)41-30-25-15-12-11-14-24(25)28(19-34-30)40-9-2/h8,11-12,14-15,19,21-23,26-27H,1,9-10,13,16-18,20H2,2-7H3,(H,38,39)/t21?,22-,23-,26?,27+/m1/s1. The van der Waals surface area contributed by atoms with Crippen molar-refractivity contribution < 1.29 is 33.7 Å². The number of aliphatic carboxylic acids is 1. The normalized spacial score (nSPS) is 19.1. The first-order chi connectivity index (χ1) is 19.8. The van der Waals surface area contributed by atoms with E-state index in [4.69, 9.17) is 14.2 Å². The molecule has 230 valence electrons. The molecule has 1 N–H and O–H groups in total. The SMILES string of the molecule is C=CCCC(C)C[C@@H](C)C(CC(=O)OC(C)(C)C)C(=O)N1C[C@H](Oc2ncc(OCC)c3ccccc23)C[C@H]1C(=O)O. The van der Waals surface area contributed by atoms with Gasteiger partial charge in [-0.3, -0.25) is 9.59 Å². The predicted octanol–water partition coefficient (Wildman–Crippen LogP) is 6.04. The third-order valence-corrected chi connectivity index (χ3v) is 7.58. The Balaban J connectivity index is 1.85. The lowest BCUT2D eigenvalue weighted by Gasteiger charge is -2.31. The van der Waals surface area contributed by atoms with Gasteiger partial charge in [0.2, 0.25) is 11.8 Å². The van der Waals surface area contributed by atoms with Crippen LogP contribution >= 0.6 is 0 Å². The fourth-order valence-corrected chi connectivity index (χ4v) is 5.65. The van der Waals surface area contributed by atoms with Gasteiger partial charge in [-0.25, -0.2) is 9.78 Å². The summed E-state index contributed by atoms with van der Waals surface area (Å²) in [5.41, 5.74) is -0.700. The highest BCUT2D eigenvalue weighted by Gasteiger charge is 2.45. The number of amides is 1. The van der Waals surface area contributed by atoms with Crippen molar-refractivity contribution in [2.75, 3.05) is 13.2 Å². The van der Waals surface area contributed by atoms with E-state index >= 15 is 0 Å². The molecule has 1 aromatic heterocycles. The first-order valence-electron chi connectivity index (χ1n) is 14.9. The Bertz CT molecular complexity index is 1250. The minimum Gasteiger partial charge on any atom is -0.492 e. The first kappa shape index (κ1) is 32.9. The average Bonchev–Trinajstić information content (AvgIpc) is 3.35. The van der Waals surface area contributed by atoms with Crippen LogP contribution in [0, 0.1) is 17.8 Å². The number of carbonyl (C=O) groups excluding carboxylic acids is 2. The van der Waals surface area contributed by atoms with E-state index in [0.29, 0.717) is 30.6 Å². The summed E-state index contributed by atoms with van der Waals surface area (Å²) in [7, 11) is 0. The summed E-state index contributed by atoms with van der Waals surface area (Å²) in [5.74, 6) is -1.56. The molecule has 3 rings (SSSR count). The number of aromatic nitrogens is 1. The zero-order valence-electron chi connectivity index (χ0n) is 25.8. The number of carboxylic acids is 1. The van der Waals surface area contributed by atoms with E-state index in [1.165, 1.54) is 4.90 Å². The fraction of sp³-hybridized carbons (Fsp3) is 0.576. The van der Waals surface area contributed by atoms with Gasteiger partial charge in [0.25, 0.3) is 0 Å². The van der Waals surface area contributed by atoms with Crippen LogP contribution in [0.1, 0.15) is 73.6 Å².